The molecule has 152 valence electrons. The highest BCUT2D eigenvalue weighted by molar-refractivity contribution is 5.89. The van der Waals surface area contributed by atoms with Crippen LogP contribution in [0.1, 0.15) is 31.2 Å². The number of ether oxygens (including phenoxy) is 1. The summed E-state index contributed by atoms with van der Waals surface area (Å²) in [5.74, 6) is -0.940. The standard InChI is InChI=1S/C19H24FN3O5/c1-12(25)21-9-15-10-23(19(27)28-15)14-2-3-16(17(20)8-14)13-4-6-22(7-5-13)18(26)11-24/h2-3,8,13,15,24H,4-7,9-11H2,1H3,(H,21,25). The van der Waals surface area contributed by atoms with Gasteiger partial charge in [-0.2, -0.15) is 0 Å². The fourth-order valence-corrected chi connectivity index (χ4v) is 3.65. The van der Waals surface area contributed by atoms with Crippen LogP contribution in [0.5, 0.6) is 0 Å². The van der Waals surface area contributed by atoms with E-state index in [0.717, 1.165) is 0 Å². The molecule has 0 aromatic heterocycles. The maximum absolute atomic E-state index is 14.7. The van der Waals surface area contributed by atoms with Crippen molar-refractivity contribution in [1.29, 1.82) is 0 Å². The van der Waals surface area contributed by atoms with E-state index < -0.39 is 24.6 Å². The second-order valence-corrected chi connectivity index (χ2v) is 7.07. The van der Waals surface area contributed by atoms with Gasteiger partial charge in [-0.3, -0.25) is 14.5 Å². The first kappa shape index (κ1) is 20.1. The lowest BCUT2D eigenvalue weighted by Crippen LogP contribution is -2.39. The van der Waals surface area contributed by atoms with Crippen molar-refractivity contribution in [1.82, 2.24) is 10.2 Å². The van der Waals surface area contributed by atoms with Crippen LogP contribution in [0, 0.1) is 5.82 Å². The smallest absolute Gasteiger partial charge is 0.414 e. The monoisotopic (exact) mass is 393 g/mol. The third kappa shape index (κ3) is 4.41. The van der Waals surface area contributed by atoms with Crippen molar-refractivity contribution in [3.05, 3.63) is 29.6 Å². The van der Waals surface area contributed by atoms with Gasteiger partial charge in [0.1, 0.15) is 18.5 Å². The highest BCUT2D eigenvalue weighted by atomic mass is 19.1. The molecule has 8 nitrogen and oxygen atoms in total. The Morgan fingerprint density at radius 1 is 1.32 bits per heavy atom. The molecular formula is C19H24FN3O5. The lowest BCUT2D eigenvalue weighted by molar-refractivity contribution is -0.135. The van der Waals surface area contributed by atoms with Crippen LogP contribution in [0.4, 0.5) is 14.9 Å². The Bertz CT molecular complexity index is 764. The summed E-state index contributed by atoms with van der Waals surface area (Å²) < 4.78 is 19.9. The highest BCUT2D eigenvalue weighted by Crippen LogP contribution is 2.32. The summed E-state index contributed by atoms with van der Waals surface area (Å²) in [6.45, 7) is 2.28. The Labute approximate surface area is 162 Å². The van der Waals surface area contributed by atoms with Gasteiger partial charge < -0.3 is 20.1 Å². The molecule has 2 fully saturated rings. The summed E-state index contributed by atoms with van der Waals surface area (Å²) in [4.78, 5) is 37.5. The average molecular weight is 393 g/mol. The molecular weight excluding hydrogens is 369 g/mol. The molecule has 2 saturated heterocycles. The largest absolute Gasteiger partial charge is 0.442 e. The molecule has 1 aromatic rings. The number of rotatable bonds is 5. The molecule has 3 amide bonds. The number of hydrogen-bond donors (Lipinski definition) is 2. The predicted molar refractivity (Wildman–Crippen MR) is 98.3 cm³/mol. The maximum atomic E-state index is 14.7. The topological polar surface area (TPSA) is 99.2 Å². The lowest BCUT2D eigenvalue weighted by Gasteiger charge is -2.32. The summed E-state index contributed by atoms with van der Waals surface area (Å²) in [6.07, 6.45) is 0.185. The van der Waals surface area contributed by atoms with Crippen LogP contribution in [0.3, 0.4) is 0 Å². The van der Waals surface area contributed by atoms with Crippen LogP contribution in [0.15, 0.2) is 18.2 Å². The summed E-state index contributed by atoms with van der Waals surface area (Å²) in [6, 6.07) is 4.68. The Hall–Kier alpha value is -2.68. The minimum Gasteiger partial charge on any atom is -0.442 e. The van der Waals surface area contributed by atoms with E-state index in [4.69, 9.17) is 9.84 Å². The zero-order valence-corrected chi connectivity index (χ0v) is 15.7. The number of likely N-dealkylation sites (tertiary alicyclic amines) is 1. The Kier molecular flexibility index (Phi) is 6.13. The van der Waals surface area contributed by atoms with Gasteiger partial charge in [0.2, 0.25) is 11.8 Å². The number of benzene rings is 1. The Morgan fingerprint density at radius 3 is 2.64 bits per heavy atom. The van der Waals surface area contributed by atoms with Crippen LogP contribution in [0.2, 0.25) is 0 Å². The third-order valence-corrected chi connectivity index (χ3v) is 5.17. The molecule has 0 radical (unpaired) electrons. The van der Waals surface area contributed by atoms with Gasteiger partial charge in [0, 0.05) is 20.0 Å². The zero-order valence-electron chi connectivity index (χ0n) is 15.7. The van der Waals surface area contributed by atoms with Crippen LogP contribution in [-0.2, 0) is 14.3 Å². The molecule has 0 saturated carbocycles. The third-order valence-electron chi connectivity index (χ3n) is 5.17. The van der Waals surface area contributed by atoms with Crippen molar-refractivity contribution in [2.24, 2.45) is 0 Å². The van der Waals surface area contributed by atoms with Crippen molar-refractivity contribution >= 4 is 23.6 Å². The highest BCUT2D eigenvalue weighted by Gasteiger charge is 2.33. The number of halogens is 1. The van der Waals surface area contributed by atoms with Gasteiger partial charge in [0.05, 0.1) is 18.8 Å². The molecule has 3 rings (SSSR count). The second kappa shape index (κ2) is 8.55. The predicted octanol–water partition coefficient (Wildman–Crippen LogP) is 0.985. The minimum absolute atomic E-state index is 0.0187. The van der Waals surface area contributed by atoms with E-state index in [1.54, 1.807) is 17.0 Å². The van der Waals surface area contributed by atoms with E-state index in [9.17, 15) is 18.8 Å². The van der Waals surface area contributed by atoms with Gasteiger partial charge in [-0.05, 0) is 36.5 Å². The second-order valence-electron chi connectivity index (χ2n) is 7.07. The Balaban J connectivity index is 1.64. The van der Waals surface area contributed by atoms with Crippen molar-refractivity contribution < 1.29 is 28.6 Å². The van der Waals surface area contributed by atoms with Crippen molar-refractivity contribution in [3.8, 4) is 0 Å². The number of carbonyl (C=O) groups excluding carboxylic acids is 3. The number of nitrogens with one attached hydrogen (secondary N) is 1. The number of cyclic esters (lactones) is 1. The first-order chi connectivity index (χ1) is 13.4. The van der Waals surface area contributed by atoms with Gasteiger partial charge in [-0.25, -0.2) is 9.18 Å². The first-order valence-electron chi connectivity index (χ1n) is 9.29. The molecule has 1 unspecified atom stereocenters. The molecule has 2 aliphatic heterocycles. The Morgan fingerprint density at radius 2 is 2.04 bits per heavy atom. The van der Waals surface area contributed by atoms with E-state index in [1.807, 2.05) is 0 Å². The minimum atomic E-state index is -0.571. The van der Waals surface area contributed by atoms with E-state index >= 15 is 0 Å². The van der Waals surface area contributed by atoms with Gasteiger partial charge in [0.25, 0.3) is 0 Å². The van der Waals surface area contributed by atoms with Crippen LogP contribution < -0.4 is 10.2 Å². The molecule has 28 heavy (non-hydrogen) atoms. The van der Waals surface area contributed by atoms with Crippen LogP contribution in [-0.4, -0.2) is 66.8 Å². The van der Waals surface area contributed by atoms with E-state index in [2.05, 4.69) is 5.32 Å². The van der Waals surface area contributed by atoms with Crippen molar-refractivity contribution in [2.45, 2.75) is 31.8 Å². The SMILES string of the molecule is CC(=O)NCC1CN(c2ccc(C3CCN(C(=O)CO)CC3)c(F)c2)C(=O)O1. The molecule has 0 aliphatic carbocycles. The lowest BCUT2D eigenvalue weighted by atomic mass is 9.89. The van der Waals surface area contributed by atoms with Gasteiger partial charge in [0.15, 0.2) is 0 Å². The maximum Gasteiger partial charge on any atom is 0.414 e. The first-order valence-corrected chi connectivity index (χ1v) is 9.29. The average Bonchev–Trinajstić information content (AvgIpc) is 3.06. The number of piperidine rings is 1. The normalized spacial score (nSPS) is 20.2. The molecule has 2 heterocycles. The molecule has 1 atom stereocenters. The molecule has 2 N–H and O–H groups in total. The van der Waals surface area contributed by atoms with Crippen molar-refractivity contribution in [2.75, 3.05) is 37.7 Å². The summed E-state index contributed by atoms with van der Waals surface area (Å²) >= 11 is 0. The zero-order chi connectivity index (χ0) is 20.3. The summed E-state index contributed by atoms with van der Waals surface area (Å²) in [5.41, 5.74) is 0.965. The van der Waals surface area contributed by atoms with Crippen LogP contribution in [0.25, 0.3) is 0 Å². The van der Waals surface area contributed by atoms with E-state index in [1.165, 1.54) is 17.9 Å². The van der Waals surface area contributed by atoms with Gasteiger partial charge in [-0.15, -0.1) is 0 Å². The molecule has 1 aromatic carbocycles. The number of anilines is 1. The van der Waals surface area contributed by atoms with Crippen LogP contribution >= 0.6 is 0 Å². The van der Waals surface area contributed by atoms with Gasteiger partial charge >= 0.3 is 6.09 Å². The number of hydrogen-bond acceptors (Lipinski definition) is 5. The fraction of sp³-hybridized carbons (Fsp3) is 0.526. The van der Waals surface area contributed by atoms with Gasteiger partial charge in [-0.1, -0.05) is 6.07 Å². The molecule has 9 heteroatoms. The number of amides is 3. The summed E-state index contributed by atoms with van der Waals surface area (Å²) in [7, 11) is 0. The molecule has 0 bridgehead atoms. The summed E-state index contributed by atoms with van der Waals surface area (Å²) in [5, 5.41) is 11.5. The number of carbonyl (C=O) groups is 3. The number of aliphatic hydroxyl groups is 1. The number of aliphatic hydroxyl groups excluding tert-OH is 1. The van der Waals surface area contributed by atoms with Crippen molar-refractivity contribution in [3.63, 3.8) is 0 Å². The van der Waals surface area contributed by atoms with E-state index in [0.29, 0.717) is 37.2 Å². The number of nitrogens with zero attached hydrogens (tertiary/aromatic N) is 2. The van der Waals surface area contributed by atoms with E-state index in [-0.39, 0.29) is 30.8 Å². The molecule has 2 aliphatic rings. The molecule has 0 spiro atoms. The quantitative estimate of drug-likeness (QED) is 0.777. The fourth-order valence-electron chi connectivity index (χ4n) is 3.65.